The van der Waals surface area contributed by atoms with Crippen molar-refractivity contribution in [1.29, 1.82) is 5.26 Å². The van der Waals surface area contributed by atoms with Crippen LogP contribution in [0.25, 0.3) is 10.4 Å². The highest BCUT2D eigenvalue weighted by molar-refractivity contribution is 8.00. The van der Waals surface area contributed by atoms with Crippen LogP contribution in [0, 0.1) is 17.1 Å². The molecule has 0 aliphatic carbocycles. The molecule has 0 spiro atoms. The highest BCUT2D eigenvalue weighted by Gasteiger charge is 2.26. The molecule has 3 aromatic rings. The average Bonchev–Trinajstić information content (AvgIpc) is 3.30. The normalized spacial score (nSPS) is 13.5. The number of Topliss-reactive ketones (excluding diaryl/α,β-unsaturated/α-hetero) is 1. The lowest BCUT2D eigenvalue weighted by Gasteiger charge is -2.27. The molecule has 8 heteroatoms. The molecule has 0 atom stereocenters. The van der Waals surface area contributed by atoms with Crippen molar-refractivity contribution in [1.82, 2.24) is 9.88 Å². The molecule has 31 heavy (non-hydrogen) atoms. The number of aromatic nitrogens is 1. The highest BCUT2D eigenvalue weighted by atomic mass is 32.2. The van der Waals surface area contributed by atoms with Crippen molar-refractivity contribution in [2.24, 2.45) is 0 Å². The lowest BCUT2D eigenvalue weighted by molar-refractivity contribution is 0.101. The second kappa shape index (κ2) is 9.18. The Labute approximate surface area is 188 Å². The molecule has 1 aliphatic heterocycles. The minimum absolute atomic E-state index is 0.00451. The monoisotopic (exact) mass is 453 g/mol. The predicted molar refractivity (Wildman–Crippen MR) is 120 cm³/mol. The van der Waals surface area contributed by atoms with Gasteiger partial charge in [-0.25, -0.2) is 9.37 Å². The number of carbonyl (C=O) groups excluding carboxylic acids is 1. The first-order valence-electron chi connectivity index (χ1n) is 9.69. The van der Waals surface area contributed by atoms with E-state index in [0.29, 0.717) is 16.3 Å². The maximum absolute atomic E-state index is 14.3. The van der Waals surface area contributed by atoms with Crippen LogP contribution in [0.1, 0.15) is 27.2 Å². The number of hydrogen-bond donors (Lipinski definition) is 0. The number of likely N-dealkylation sites (N-methyl/N-ethyl adjacent to an activating group) is 1. The number of hydrogen-bond acceptors (Lipinski definition) is 7. The number of nitriles is 1. The SMILES string of the molecule is COc1ccc(C(=O)CSc2nc3c(c(-c4cccs4)c2C#N)CN(C)CC3)c(F)c1. The van der Waals surface area contributed by atoms with E-state index in [0.717, 1.165) is 41.2 Å². The fourth-order valence-corrected chi connectivity index (χ4v) is 5.33. The van der Waals surface area contributed by atoms with Gasteiger partial charge < -0.3 is 9.64 Å². The van der Waals surface area contributed by atoms with E-state index in [2.05, 4.69) is 18.0 Å². The van der Waals surface area contributed by atoms with Gasteiger partial charge >= 0.3 is 0 Å². The fourth-order valence-electron chi connectivity index (χ4n) is 3.63. The smallest absolute Gasteiger partial charge is 0.176 e. The van der Waals surface area contributed by atoms with E-state index in [4.69, 9.17) is 9.72 Å². The number of pyridine rings is 1. The van der Waals surface area contributed by atoms with Gasteiger partial charge in [0.2, 0.25) is 0 Å². The summed E-state index contributed by atoms with van der Waals surface area (Å²) in [5.41, 5.74) is 3.42. The largest absolute Gasteiger partial charge is 0.497 e. The topological polar surface area (TPSA) is 66.2 Å². The third-order valence-electron chi connectivity index (χ3n) is 5.20. The zero-order chi connectivity index (χ0) is 22.0. The standard InChI is InChI=1S/C23H20FN3O2S2/c1-27-8-7-19-17(12-27)22(21-4-3-9-30-21)16(11-25)23(26-19)31-13-20(28)15-6-5-14(29-2)10-18(15)24/h3-6,9-10H,7-8,12-13H2,1-2H3. The zero-order valence-electron chi connectivity index (χ0n) is 17.1. The summed E-state index contributed by atoms with van der Waals surface area (Å²) in [5.74, 6) is -0.624. The molecule has 0 saturated heterocycles. The van der Waals surface area contributed by atoms with Crippen LogP contribution in [0.4, 0.5) is 4.39 Å². The first-order valence-corrected chi connectivity index (χ1v) is 11.6. The molecule has 0 fully saturated rings. The average molecular weight is 454 g/mol. The lowest BCUT2D eigenvalue weighted by atomic mass is 9.96. The van der Waals surface area contributed by atoms with Gasteiger partial charge in [0.1, 0.15) is 22.7 Å². The van der Waals surface area contributed by atoms with Crippen LogP contribution in [0.15, 0.2) is 40.7 Å². The van der Waals surface area contributed by atoms with Crippen LogP contribution in [0.2, 0.25) is 0 Å². The molecule has 0 N–H and O–H groups in total. The quantitative estimate of drug-likeness (QED) is 0.395. The third kappa shape index (κ3) is 4.35. The molecule has 2 aromatic heterocycles. The van der Waals surface area contributed by atoms with Gasteiger partial charge in [0.05, 0.1) is 24.0 Å². The minimum Gasteiger partial charge on any atom is -0.497 e. The number of thioether (sulfide) groups is 1. The Morgan fingerprint density at radius 2 is 2.26 bits per heavy atom. The molecule has 1 aromatic carbocycles. The lowest BCUT2D eigenvalue weighted by Crippen LogP contribution is -2.28. The third-order valence-corrected chi connectivity index (χ3v) is 7.07. The van der Waals surface area contributed by atoms with Gasteiger partial charge in [-0.2, -0.15) is 5.26 Å². The molecular weight excluding hydrogens is 433 g/mol. The van der Waals surface area contributed by atoms with Crippen molar-refractivity contribution in [3.05, 3.63) is 63.9 Å². The number of thiophene rings is 1. The van der Waals surface area contributed by atoms with E-state index in [9.17, 15) is 14.4 Å². The van der Waals surface area contributed by atoms with Gasteiger partial charge in [0.15, 0.2) is 5.78 Å². The number of carbonyl (C=O) groups is 1. The summed E-state index contributed by atoms with van der Waals surface area (Å²) >= 11 is 2.77. The number of rotatable bonds is 6. The number of halogens is 1. The number of nitrogens with zero attached hydrogens (tertiary/aromatic N) is 3. The summed E-state index contributed by atoms with van der Waals surface area (Å²) in [5, 5.41) is 12.5. The van der Waals surface area contributed by atoms with Crippen LogP contribution in [0.5, 0.6) is 5.75 Å². The summed E-state index contributed by atoms with van der Waals surface area (Å²) in [4.78, 5) is 20.7. The molecule has 3 heterocycles. The molecule has 0 saturated carbocycles. The van der Waals surface area contributed by atoms with Gasteiger partial charge in [0, 0.05) is 41.7 Å². The highest BCUT2D eigenvalue weighted by Crippen LogP contribution is 2.39. The molecule has 4 rings (SSSR count). The van der Waals surface area contributed by atoms with Crippen LogP contribution in [-0.2, 0) is 13.0 Å². The van der Waals surface area contributed by atoms with E-state index in [1.807, 2.05) is 17.5 Å². The van der Waals surface area contributed by atoms with Crippen molar-refractivity contribution < 1.29 is 13.9 Å². The maximum atomic E-state index is 14.3. The Hall–Kier alpha value is -2.73. The summed E-state index contributed by atoms with van der Waals surface area (Å²) in [6.45, 7) is 1.61. The van der Waals surface area contributed by atoms with Crippen molar-refractivity contribution in [3.63, 3.8) is 0 Å². The molecule has 0 radical (unpaired) electrons. The Balaban J connectivity index is 1.68. The maximum Gasteiger partial charge on any atom is 0.176 e. The minimum atomic E-state index is -0.619. The Bertz CT molecular complexity index is 1170. The Kier molecular flexibility index (Phi) is 6.37. The number of benzene rings is 1. The van der Waals surface area contributed by atoms with Gasteiger partial charge in [-0.15, -0.1) is 11.3 Å². The molecule has 5 nitrogen and oxygen atoms in total. The van der Waals surface area contributed by atoms with Crippen molar-refractivity contribution >= 4 is 28.9 Å². The fraction of sp³-hybridized carbons (Fsp3) is 0.261. The summed E-state index contributed by atoms with van der Waals surface area (Å²) in [6.07, 6.45) is 0.782. The molecule has 1 aliphatic rings. The summed E-state index contributed by atoms with van der Waals surface area (Å²) < 4.78 is 19.3. The van der Waals surface area contributed by atoms with Crippen LogP contribution < -0.4 is 4.74 Å². The predicted octanol–water partition coefficient (Wildman–Crippen LogP) is 4.79. The second-order valence-electron chi connectivity index (χ2n) is 7.23. The van der Waals surface area contributed by atoms with Crippen LogP contribution in [-0.4, -0.2) is 42.1 Å². The van der Waals surface area contributed by atoms with Crippen molar-refractivity contribution in [2.75, 3.05) is 26.5 Å². The number of ketones is 1. The summed E-state index contributed by atoms with van der Waals surface area (Å²) in [7, 11) is 3.50. The van der Waals surface area contributed by atoms with E-state index in [1.165, 1.54) is 31.0 Å². The zero-order valence-corrected chi connectivity index (χ0v) is 18.8. The molecule has 0 amide bonds. The number of fused-ring (bicyclic) bond motifs is 1. The van der Waals surface area contributed by atoms with Gasteiger partial charge in [-0.05, 0) is 36.2 Å². The first kappa shape index (κ1) is 21.5. The molecule has 158 valence electrons. The Morgan fingerprint density at radius 1 is 1.42 bits per heavy atom. The number of methoxy groups -OCH3 is 1. The second-order valence-corrected chi connectivity index (χ2v) is 9.14. The number of ether oxygens (including phenoxy) is 1. The van der Waals surface area contributed by atoms with E-state index >= 15 is 0 Å². The summed E-state index contributed by atoms with van der Waals surface area (Å²) in [6, 6.07) is 10.5. The van der Waals surface area contributed by atoms with Gasteiger partial charge in [-0.3, -0.25) is 4.79 Å². The van der Waals surface area contributed by atoms with Gasteiger partial charge in [0.25, 0.3) is 0 Å². The van der Waals surface area contributed by atoms with Crippen molar-refractivity contribution in [3.8, 4) is 22.3 Å². The first-order chi connectivity index (χ1) is 15.0. The van der Waals surface area contributed by atoms with E-state index in [1.54, 1.807) is 17.4 Å². The van der Waals surface area contributed by atoms with Crippen molar-refractivity contribution in [2.45, 2.75) is 18.0 Å². The molecule has 0 bridgehead atoms. The van der Waals surface area contributed by atoms with Gasteiger partial charge in [-0.1, -0.05) is 17.8 Å². The molecule has 0 unspecified atom stereocenters. The van der Waals surface area contributed by atoms with E-state index in [-0.39, 0.29) is 17.1 Å². The van der Waals surface area contributed by atoms with Crippen LogP contribution >= 0.6 is 23.1 Å². The Morgan fingerprint density at radius 3 is 2.94 bits per heavy atom. The van der Waals surface area contributed by atoms with Crippen LogP contribution in [0.3, 0.4) is 0 Å². The molecular formula is C23H20FN3O2S2. The van der Waals surface area contributed by atoms with E-state index < -0.39 is 5.82 Å².